The van der Waals surface area contributed by atoms with E-state index < -0.39 is 0 Å². The number of rotatable bonds is 4. The molecular weight excluding hydrogens is 324 g/mol. The molecule has 2 amide bonds. The summed E-state index contributed by atoms with van der Waals surface area (Å²) in [5.41, 5.74) is 3.10. The van der Waals surface area contributed by atoms with Gasteiger partial charge in [0.25, 0.3) is 0 Å². The summed E-state index contributed by atoms with van der Waals surface area (Å²) in [5, 5.41) is 5.94. The molecule has 1 fully saturated rings. The Labute approximate surface area is 145 Å². The van der Waals surface area contributed by atoms with Gasteiger partial charge in [-0.05, 0) is 31.9 Å². The number of aryl methyl sites for hydroxylation is 2. The number of thiazole rings is 1. The number of carbonyl (C=O) groups excluding carboxylic acids is 1. The predicted molar refractivity (Wildman–Crippen MR) is 93.2 cm³/mol. The highest BCUT2D eigenvalue weighted by Crippen LogP contribution is 2.26. The second-order valence-electron chi connectivity index (χ2n) is 5.90. The summed E-state index contributed by atoms with van der Waals surface area (Å²) in [7, 11) is 0. The van der Waals surface area contributed by atoms with Crippen molar-refractivity contribution in [1.29, 1.82) is 0 Å². The minimum absolute atomic E-state index is 0.0591. The number of nitrogens with zero attached hydrogens (tertiary/aromatic N) is 3. The lowest BCUT2D eigenvalue weighted by molar-refractivity contribution is 0.0116. The zero-order valence-electron chi connectivity index (χ0n) is 14.0. The third-order valence-corrected chi connectivity index (χ3v) is 5.04. The second kappa shape index (κ2) is 7.72. The summed E-state index contributed by atoms with van der Waals surface area (Å²) in [6.45, 7) is 6.17. The fourth-order valence-electron chi connectivity index (χ4n) is 2.64. The Morgan fingerprint density at radius 3 is 3.00 bits per heavy atom. The molecule has 6 nitrogen and oxygen atoms in total. The lowest BCUT2D eigenvalue weighted by atomic mass is 10.2. The van der Waals surface area contributed by atoms with E-state index in [1.54, 1.807) is 11.3 Å². The highest BCUT2D eigenvalue weighted by molar-refractivity contribution is 7.09. The normalized spacial score (nSPS) is 17.8. The molecule has 2 aromatic rings. The Morgan fingerprint density at radius 1 is 1.42 bits per heavy atom. The van der Waals surface area contributed by atoms with E-state index >= 15 is 0 Å². The van der Waals surface area contributed by atoms with Gasteiger partial charge >= 0.3 is 6.03 Å². The number of urea groups is 1. The number of amides is 2. The number of morpholine rings is 1. The molecule has 3 rings (SSSR count). The molecule has 1 N–H and O–H groups in total. The molecule has 1 aliphatic rings. The quantitative estimate of drug-likeness (QED) is 0.923. The SMILES string of the molecule is Cc1ccc(CCNC(=O)N2CCOC[C@@H]2c2nc(C)cs2)cn1. The van der Waals surface area contributed by atoms with Crippen LogP contribution in [0, 0.1) is 13.8 Å². The van der Waals surface area contributed by atoms with Gasteiger partial charge in [-0.1, -0.05) is 6.07 Å². The van der Waals surface area contributed by atoms with Gasteiger partial charge in [-0.2, -0.15) is 0 Å². The number of carbonyl (C=O) groups is 1. The molecule has 128 valence electrons. The smallest absolute Gasteiger partial charge is 0.318 e. The Morgan fingerprint density at radius 2 is 2.29 bits per heavy atom. The number of hydrogen-bond acceptors (Lipinski definition) is 5. The zero-order valence-corrected chi connectivity index (χ0v) is 14.8. The highest BCUT2D eigenvalue weighted by Gasteiger charge is 2.30. The lowest BCUT2D eigenvalue weighted by Crippen LogP contribution is -2.48. The van der Waals surface area contributed by atoms with E-state index in [4.69, 9.17) is 4.74 Å². The molecule has 1 atom stereocenters. The van der Waals surface area contributed by atoms with Gasteiger partial charge in [0, 0.05) is 36.1 Å². The van der Waals surface area contributed by atoms with Crippen molar-refractivity contribution in [3.8, 4) is 0 Å². The first kappa shape index (κ1) is 16.9. The van der Waals surface area contributed by atoms with Crippen LogP contribution < -0.4 is 5.32 Å². The van der Waals surface area contributed by atoms with E-state index in [-0.39, 0.29) is 12.1 Å². The average molecular weight is 346 g/mol. The van der Waals surface area contributed by atoms with E-state index in [1.165, 1.54) is 0 Å². The Bertz CT molecular complexity index is 686. The third-order valence-electron chi connectivity index (χ3n) is 3.97. The molecular formula is C17H22N4O2S. The van der Waals surface area contributed by atoms with Gasteiger partial charge in [-0.25, -0.2) is 9.78 Å². The molecule has 2 aromatic heterocycles. The van der Waals surface area contributed by atoms with Crippen LogP contribution in [0.3, 0.4) is 0 Å². The van der Waals surface area contributed by atoms with E-state index in [0.717, 1.165) is 28.4 Å². The van der Waals surface area contributed by atoms with E-state index in [1.807, 2.05) is 42.5 Å². The number of hydrogen-bond donors (Lipinski definition) is 1. The first-order valence-electron chi connectivity index (χ1n) is 8.09. The molecule has 0 bridgehead atoms. The third kappa shape index (κ3) is 4.10. The topological polar surface area (TPSA) is 67.4 Å². The van der Waals surface area contributed by atoms with Crippen molar-refractivity contribution in [2.75, 3.05) is 26.3 Å². The summed E-state index contributed by atoms with van der Waals surface area (Å²) in [6.07, 6.45) is 2.63. The van der Waals surface area contributed by atoms with Crippen LogP contribution in [-0.4, -0.2) is 47.2 Å². The van der Waals surface area contributed by atoms with Crippen molar-refractivity contribution < 1.29 is 9.53 Å². The first-order chi connectivity index (χ1) is 11.6. The van der Waals surface area contributed by atoms with Gasteiger partial charge in [0.05, 0.1) is 13.2 Å². The first-order valence-corrected chi connectivity index (χ1v) is 8.97. The minimum atomic E-state index is -0.0986. The molecule has 0 aromatic carbocycles. The number of aromatic nitrogens is 2. The standard InChI is InChI=1S/C17H22N4O2S/c1-12-3-4-14(9-19-12)5-6-18-17(22)21-7-8-23-10-15(21)16-20-13(2)11-24-16/h3-4,9,11,15H,5-8,10H2,1-2H3,(H,18,22)/t15-/m1/s1. The van der Waals surface area contributed by atoms with Crippen LogP contribution in [0.15, 0.2) is 23.7 Å². The average Bonchev–Trinajstić information content (AvgIpc) is 3.03. The molecule has 0 spiro atoms. The number of nitrogens with one attached hydrogen (secondary N) is 1. The molecule has 7 heteroatoms. The summed E-state index contributed by atoms with van der Waals surface area (Å²) < 4.78 is 5.55. The number of ether oxygens (including phenoxy) is 1. The van der Waals surface area contributed by atoms with Crippen molar-refractivity contribution in [3.05, 3.63) is 45.7 Å². The van der Waals surface area contributed by atoms with Crippen LogP contribution in [0.2, 0.25) is 0 Å². The molecule has 1 aliphatic heterocycles. The summed E-state index contributed by atoms with van der Waals surface area (Å²) in [4.78, 5) is 23.2. The Hall–Kier alpha value is -1.99. The van der Waals surface area contributed by atoms with Crippen molar-refractivity contribution in [2.24, 2.45) is 0 Å². The maximum absolute atomic E-state index is 12.6. The van der Waals surface area contributed by atoms with Gasteiger partial charge in [-0.3, -0.25) is 4.98 Å². The molecule has 0 unspecified atom stereocenters. The van der Waals surface area contributed by atoms with E-state index in [0.29, 0.717) is 26.3 Å². The summed E-state index contributed by atoms with van der Waals surface area (Å²) in [5.74, 6) is 0. The van der Waals surface area contributed by atoms with Gasteiger partial charge in [0.15, 0.2) is 0 Å². The highest BCUT2D eigenvalue weighted by atomic mass is 32.1. The van der Waals surface area contributed by atoms with Crippen LogP contribution in [0.1, 0.15) is 28.0 Å². The van der Waals surface area contributed by atoms with Gasteiger partial charge in [-0.15, -0.1) is 11.3 Å². The molecule has 24 heavy (non-hydrogen) atoms. The second-order valence-corrected chi connectivity index (χ2v) is 6.79. The number of pyridine rings is 1. The van der Waals surface area contributed by atoms with E-state index in [2.05, 4.69) is 15.3 Å². The zero-order chi connectivity index (χ0) is 16.9. The van der Waals surface area contributed by atoms with Gasteiger partial charge in [0.2, 0.25) is 0 Å². The fourth-order valence-corrected chi connectivity index (χ4v) is 3.53. The van der Waals surface area contributed by atoms with Crippen LogP contribution in [0.5, 0.6) is 0 Å². The Kier molecular flexibility index (Phi) is 5.42. The van der Waals surface area contributed by atoms with Gasteiger partial charge in [0.1, 0.15) is 11.0 Å². The minimum Gasteiger partial charge on any atom is -0.377 e. The molecule has 0 saturated carbocycles. The van der Waals surface area contributed by atoms with Crippen LogP contribution >= 0.6 is 11.3 Å². The van der Waals surface area contributed by atoms with Crippen LogP contribution in [-0.2, 0) is 11.2 Å². The molecule has 0 aliphatic carbocycles. The van der Waals surface area contributed by atoms with Crippen LogP contribution in [0.25, 0.3) is 0 Å². The van der Waals surface area contributed by atoms with Crippen molar-refractivity contribution in [2.45, 2.75) is 26.3 Å². The summed E-state index contributed by atoms with van der Waals surface area (Å²) >= 11 is 1.58. The maximum atomic E-state index is 12.6. The van der Waals surface area contributed by atoms with Crippen molar-refractivity contribution >= 4 is 17.4 Å². The largest absolute Gasteiger partial charge is 0.377 e. The van der Waals surface area contributed by atoms with Crippen molar-refractivity contribution in [1.82, 2.24) is 20.2 Å². The fraction of sp³-hybridized carbons (Fsp3) is 0.471. The van der Waals surface area contributed by atoms with Gasteiger partial charge < -0.3 is 15.0 Å². The predicted octanol–water partition coefficient (Wildman–Crippen LogP) is 2.48. The molecule has 1 saturated heterocycles. The maximum Gasteiger partial charge on any atom is 0.318 e. The summed E-state index contributed by atoms with van der Waals surface area (Å²) in [6, 6.07) is 3.87. The monoisotopic (exact) mass is 346 g/mol. The van der Waals surface area contributed by atoms with Crippen molar-refractivity contribution in [3.63, 3.8) is 0 Å². The molecule has 3 heterocycles. The lowest BCUT2D eigenvalue weighted by Gasteiger charge is -2.34. The molecule has 0 radical (unpaired) electrons. The van der Waals surface area contributed by atoms with Crippen LogP contribution in [0.4, 0.5) is 4.79 Å². The Balaban J connectivity index is 1.57. The van der Waals surface area contributed by atoms with E-state index in [9.17, 15) is 4.79 Å².